The molecule has 1 amide bonds. The van der Waals surface area contributed by atoms with Gasteiger partial charge in [0.05, 0.1) is 12.9 Å². The van der Waals surface area contributed by atoms with E-state index in [9.17, 15) is 13.2 Å². The van der Waals surface area contributed by atoms with Gasteiger partial charge in [-0.2, -0.15) is 4.31 Å². The number of likely N-dealkylation sites (tertiary alicyclic amines) is 1. The van der Waals surface area contributed by atoms with Crippen molar-refractivity contribution in [1.82, 2.24) is 14.1 Å². The van der Waals surface area contributed by atoms with Crippen LogP contribution in [0.2, 0.25) is 0 Å². The fourth-order valence-electron chi connectivity index (χ4n) is 6.83. The first-order chi connectivity index (χ1) is 15.8. The summed E-state index contributed by atoms with van der Waals surface area (Å²) in [5, 5.41) is 0. The van der Waals surface area contributed by atoms with Crippen molar-refractivity contribution >= 4 is 16.1 Å². The third-order valence-corrected chi connectivity index (χ3v) is 9.70. The molecule has 4 aliphatic rings. The van der Waals surface area contributed by atoms with Crippen molar-refractivity contribution in [3.63, 3.8) is 0 Å². The molecule has 182 valence electrons. The lowest BCUT2D eigenvalue weighted by Crippen LogP contribution is -2.57. The van der Waals surface area contributed by atoms with Crippen LogP contribution in [0.15, 0.2) is 24.3 Å². The summed E-state index contributed by atoms with van der Waals surface area (Å²) >= 11 is 0. The van der Waals surface area contributed by atoms with Crippen LogP contribution in [-0.2, 0) is 26.7 Å². The average molecular weight is 476 g/mol. The molecule has 0 aliphatic carbocycles. The van der Waals surface area contributed by atoms with Gasteiger partial charge in [-0.25, -0.2) is 13.2 Å². The quantitative estimate of drug-likeness (QED) is 0.668. The highest BCUT2D eigenvalue weighted by molar-refractivity contribution is 7.88. The van der Waals surface area contributed by atoms with Crippen LogP contribution in [0, 0.1) is 0 Å². The lowest BCUT2D eigenvalue weighted by atomic mass is 9.69. The van der Waals surface area contributed by atoms with E-state index in [4.69, 9.17) is 4.74 Å². The largest absolute Gasteiger partial charge is 0.449 e. The number of hydrogen-bond donors (Lipinski definition) is 0. The minimum absolute atomic E-state index is 0.0991. The molecule has 8 heteroatoms. The number of piperidine rings is 2. The van der Waals surface area contributed by atoms with E-state index in [1.807, 2.05) is 17.9 Å². The Balaban J connectivity index is 1.28. The van der Waals surface area contributed by atoms with Crippen molar-refractivity contribution in [3.8, 4) is 0 Å². The average Bonchev–Trinajstić information content (AvgIpc) is 3.07. The first-order valence-electron chi connectivity index (χ1n) is 12.5. The number of ether oxygens (including phenoxy) is 1. The minimum Gasteiger partial charge on any atom is -0.449 e. The molecule has 2 bridgehead atoms. The molecule has 2 unspecified atom stereocenters. The molecule has 7 nitrogen and oxygen atoms in total. The molecular weight excluding hydrogens is 438 g/mol. The highest BCUT2D eigenvalue weighted by Gasteiger charge is 2.48. The Bertz CT molecular complexity index is 975. The molecule has 4 heterocycles. The Morgan fingerprint density at radius 2 is 1.76 bits per heavy atom. The normalized spacial score (nSPS) is 29.8. The van der Waals surface area contributed by atoms with Gasteiger partial charge in [-0.15, -0.1) is 0 Å². The molecule has 0 aromatic heterocycles. The van der Waals surface area contributed by atoms with E-state index in [0.29, 0.717) is 37.8 Å². The zero-order chi connectivity index (χ0) is 23.2. The number of fused-ring (bicyclic) bond motifs is 4. The Kier molecular flexibility index (Phi) is 6.20. The maximum Gasteiger partial charge on any atom is 0.410 e. The highest BCUT2D eigenvalue weighted by atomic mass is 32.2. The summed E-state index contributed by atoms with van der Waals surface area (Å²) in [6.45, 7) is 5.56. The number of carbonyl (C=O) groups excluding carboxylic acids is 1. The van der Waals surface area contributed by atoms with Crippen molar-refractivity contribution in [3.05, 3.63) is 35.4 Å². The van der Waals surface area contributed by atoms with Crippen LogP contribution < -0.4 is 0 Å². The molecule has 3 saturated heterocycles. The molecule has 1 aromatic rings. The summed E-state index contributed by atoms with van der Waals surface area (Å²) in [6.07, 6.45) is 8.22. The van der Waals surface area contributed by atoms with E-state index in [1.54, 1.807) is 4.31 Å². The first-order valence-corrected chi connectivity index (χ1v) is 14.4. The van der Waals surface area contributed by atoms with Gasteiger partial charge in [0.25, 0.3) is 0 Å². The van der Waals surface area contributed by atoms with Gasteiger partial charge in [-0.3, -0.25) is 0 Å². The number of amides is 1. The van der Waals surface area contributed by atoms with Gasteiger partial charge in [0, 0.05) is 36.6 Å². The first kappa shape index (κ1) is 23.1. The van der Waals surface area contributed by atoms with E-state index in [1.165, 1.54) is 11.8 Å². The van der Waals surface area contributed by atoms with Gasteiger partial charge < -0.3 is 14.5 Å². The summed E-state index contributed by atoms with van der Waals surface area (Å²) in [5.74, 6) is 0. The van der Waals surface area contributed by atoms with Crippen LogP contribution in [0.5, 0.6) is 0 Å². The van der Waals surface area contributed by atoms with Crippen molar-refractivity contribution in [2.24, 2.45) is 0 Å². The number of rotatable bonds is 4. The molecule has 0 N–H and O–H groups in total. The van der Waals surface area contributed by atoms with E-state index >= 15 is 0 Å². The number of sulfonamides is 1. The molecule has 2 atom stereocenters. The van der Waals surface area contributed by atoms with Crippen LogP contribution in [0.25, 0.3) is 0 Å². The minimum atomic E-state index is -3.23. The summed E-state index contributed by atoms with van der Waals surface area (Å²) in [6, 6.07) is 9.50. The van der Waals surface area contributed by atoms with Gasteiger partial charge >= 0.3 is 6.09 Å². The van der Waals surface area contributed by atoms with Crippen molar-refractivity contribution in [2.75, 3.05) is 32.5 Å². The van der Waals surface area contributed by atoms with Crippen LogP contribution in [0.1, 0.15) is 63.0 Å². The number of carbonyl (C=O) groups is 1. The maximum absolute atomic E-state index is 12.6. The molecule has 1 spiro atoms. The predicted molar refractivity (Wildman–Crippen MR) is 127 cm³/mol. The second-order valence-electron chi connectivity index (χ2n) is 10.5. The fourth-order valence-corrected chi connectivity index (χ4v) is 7.69. The third-order valence-electron chi connectivity index (χ3n) is 8.50. The van der Waals surface area contributed by atoms with Crippen LogP contribution in [0.4, 0.5) is 4.79 Å². The highest BCUT2D eigenvalue weighted by Crippen LogP contribution is 2.45. The molecule has 1 aromatic carbocycles. The second-order valence-corrected chi connectivity index (χ2v) is 12.5. The fraction of sp³-hybridized carbons (Fsp3) is 0.720. The summed E-state index contributed by atoms with van der Waals surface area (Å²) < 4.78 is 32.0. The lowest BCUT2D eigenvalue weighted by molar-refractivity contribution is 0.0225. The SMILES string of the molecule is CCCOC(=O)N1C2CCC1CC(N1CCC3(CC1)CN(S(C)(=O)=O)Cc1ccccc13)C2. The molecule has 4 aliphatic heterocycles. The predicted octanol–water partition coefficient (Wildman–Crippen LogP) is 3.34. The Labute approximate surface area is 198 Å². The monoisotopic (exact) mass is 475 g/mol. The van der Waals surface area contributed by atoms with Gasteiger partial charge in [-0.1, -0.05) is 31.2 Å². The van der Waals surface area contributed by atoms with E-state index < -0.39 is 10.0 Å². The second kappa shape index (κ2) is 8.86. The molecule has 33 heavy (non-hydrogen) atoms. The van der Waals surface area contributed by atoms with Gasteiger partial charge in [0.2, 0.25) is 10.0 Å². The zero-order valence-corrected chi connectivity index (χ0v) is 20.7. The topological polar surface area (TPSA) is 70.2 Å². The summed E-state index contributed by atoms with van der Waals surface area (Å²) in [5.41, 5.74) is 2.40. The Hall–Kier alpha value is -1.64. The van der Waals surface area contributed by atoms with Crippen molar-refractivity contribution in [1.29, 1.82) is 0 Å². The number of benzene rings is 1. The summed E-state index contributed by atoms with van der Waals surface area (Å²) in [7, 11) is -3.23. The molecule has 3 fully saturated rings. The van der Waals surface area contributed by atoms with E-state index in [-0.39, 0.29) is 11.5 Å². The van der Waals surface area contributed by atoms with Crippen LogP contribution in [-0.4, -0.2) is 79.2 Å². The maximum atomic E-state index is 12.6. The third kappa shape index (κ3) is 4.30. The number of nitrogens with zero attached hydrogens (tertiary/aromatic N) is 3. The van der Waals surface area contributed by atoms with E-state index in [2.05, 4.69) is 23.1 Å². The standard InChI is InChI=1S/C25H37N3O4S/c1-3-14-32-24(29)28-20-8-9-21(28)16-22(15-20)26-12-10-25(11-13-26)18-27(33(2,30)31)17-19-6-4-5-7-23(19)25/h4-7,20-22H,3,8-18H2,1-2H3. The van der Waals surface area contributed by atoms with Gasteiger partial charge in [0.15, 0.2) is 0 Å². The van der Waals surface area contributed by atoms with Crippen molar-refractivity contribution in [2.45, 2.75) is 82.0 Å². The van der Waals surface area contributed by atoms with E-state index in [0.717, 1.165) is 63.6 Å². The van der Waals surface area contributed by atoms with Crippen LogP contribution >= 0.6 is 0 Å². The lowest BCUT2D eigenvalue weighted by Gasteiger charge is -2.51. The molecule has 0 radical (unpaired) electrons. The van der Waals surface area contributed by atoms with Gasteiger partial charge in [0.1, 0.15) is 0 Å². The number of hydrogen-bond acceptors (Lipinski definition) is 5. The molecular formula is C25H37N3O4S. The van der Waals surface area contributed by atoms with Gasteiger partial charge in [-0.05, 0) is 69.2 Å². The smallest absolute Gasteiger partial charge is 0.410 e. The zero-order valence-electron chi connectivity index (χ0n) is 19.9. The molecule has 5 rings (SSSR count). The van der Waals surface area contributed by atoms with Crippen molar-refractivity contribution < 1.29 is 17.9 Å². The Morgan fingerprint density at radius 1 is 1.09 bits per heavy atom. The molecule has 0 saturated carbocycles. The van der Waals surface area contributed by atoms with Crippen LogP contribution in [0.3, 0.4) is 0 Å². The summed E-state index contributed by atoms with van der Waals surface area (Å²) in [4.78, 5) is 17.2. The Morgan fingerprint density at radius 3 is 2.39 bits per heavy atom.